The van der Waals surface area contributed by atoms with E-state index in [0.717, 1.165) is 12.1 Å². The Morgan fingerprint density at radius 1 is 1.30 bits per heavy atom. The Morgan fingerprint density at radius 3 is 2.40 bits per heavy atom. The van der Waals surface area contributed by atoms with Crippen molar-refractivity contribution in [1.29, 1.82) is 0 Å². The average Bonchev–Trinajstić information content (AvgIpc) is 2.25. The lowest BCUT2D eigenvalue weighted by molar-refractivity contribution is -0.136. The molecule has 20 heavy (non-hydrogen) atoms. The summed E-state index contributed by atoms with van der Waals surface area (Å²) in [7, 11) is 0.756. The van der Waals surface area contributed by atoms with E-state index in [0.29, 0.717) is 0 Å². The predicted molar refractivity (Wildman–Crippen MR) is 67.9 cm³/mol. The second-order valence-electron chi connectivity index (χ2n) is 3.72. The van der Waals surface area contributed by atoms with Crippen LogP contribution in [0.2, 0.25) is 0 Å². The molecule has 0 spiro atoms. The number of halogens is 6. The van der Waals surface area contributed by atoms with E-state index in [4.69, 9.17) is 15.4 Å². The number of benzene rings is 1. The Morgan fingerprint density at radius 2 is 1.90 bits per heavy atom. The molecule has 0 fully saturated rings. The van der Waals surface area contributed by atoms with Crippen LogP contribution in [0, 0.1) is 5.82 Å². The molecule has 0 saturated carbocycles. The van der Waals surface area contributed by atoms with Crippen LogP contribution >= 0.6 is 26.6 Å². The van der Waals surface area contributed by atoms with Crippen LogP contribution in [0.1, 0.15) is 12.8 Å². The zero-order valence-electron chi connectivity index (χ0n) is 9.68. The minimum absolute atomic E-state index is 0.0742. The molecule has 0 N–H and O–H groups in total. The molecule has 0 atom stereocenters. The molecule has 0 saturated heterocycles. The largest absolute Gasteiger partial charge is 0.492 e. The second kappa shape index (κ2) is 6.48. The third-order valence-corrected chi connectivity index (χ3v) is 4.07. The number of hydrogen-bond acceptors (Lipinski definition) is 3. The lowest BCUT2D eigenvalue weighted by Crippen LogP contribution is -2.10. The summed E-state index contributed by atoms with van der Waals surface area (Å²) in [6.07, 6.45) is -5.61. The molecular formula is C10H8BrClF4O3S. The van der Waals surface area contributed by atoms with Gasteiger partial charge in [-0.15, -0.1) is 0 Å². The fraction of sp³-hybridized carbons (Fsp3) is 0.400. The van der Waals surface area contributed by atoms with E-state index >= 15 is 0 Å². The zero-order valence-corrected chi connectivity index (χ0v) is 12.8. The van der Waals surface area contributed by atoms with Gasteiger partial charge in [-0.05, 0) is 28.4 Å². The van der Waals surface area contributed by atoms with Crippen LogP contribution in [0.3, 0.4) is 0 Å². The van der Waals surface area contributed by atoms with Gasteiger partial charge in [-0.2, -0.15) is 13.2 Å². The molecule has 0 amide bonds. The van der Waals surface area contributed by atoms with E-state index in [1.54, 1.807) is 0 Å². The first kappa shape index (κ1) is 17.5. The van der Waals surface area contributed by atoms with Gasteiger partial charge >= 0.3 is 6.18 Å². The maximum absolute atomic E-state index is 13.5. The topological polar surface area (TPSA) is 43.4 Å². The van der Waals surface area contributed by atoms with E-state index in [2.05, 4.69) is 15.9 Å². The molecule has 0 radical (unpaired) electrons. The summed E-state index contributed by atoms with van der Waals surface area (Å²) in [6.45, 7) is -0.287. The molecule has 0 aliphatic carbocycles. The van der Waals surface area contributed by atoms with E-state index in [9.17, 15) is 26.0 Å². The van der Waals surface area contributed by atoms with Gasteiger partial charge < -0.3 is 4.74 Å². The first-order valence-corrected chi connectivity index (χ1v) is 8.24. The van der Waals surface area contributed by atoms with Crippen molar-refractivity contribution in [2.75, 3.05) is 6.61 Å². The third kappa shape index (κ3) is 5.45. The first-order chi connectivity index (χ1) is 9.00. The smallest absolute Gasteiger partial charge is 0.389 e. The van der Waals surface area contributed by atoms with Crippen LogP contribution in [-0.2, 0) is 9.05 Å². The van der Waals surface area contributed by atoms with Gasteiger partial charge in [-0.25, -0.2) is 12.8 Å². The normalized spacial score (nSPS) is 12.5. The Kier molecular flexibility index (Phi) is 5.68. The second-order valence-corrected chi connectivity index (χ2v) is 7.11. The number of ether oxygens (including phenoxy) is 1. The zero-order chi connectivity index (χ0) is 15.6. The minimum Gasteiger partial charge on any atom is -0.492 e. The first-order valence-electron chi connectivity index (χ1n) is 5.14. The fourth-order valence-corrected chi connectivity index (χ4v) is 2.78. The molecule has 0 aliphatic rings. The highest BCUT2D eigenvalue weighted by Gasteiger charge is 2.26. The third-order valence-electron chi connectivity index (χ3n) is 2.11. The van der Waals surface area contributed by atoms with Crippen molar-refractivity contribution in [2.24, 2.45) is 0 Å². The lowest BCUT2D eigenvalue weighted by Gasteiger charge is -2.10. The van der Waals surface area contributed by atoms with Gasteiger partial charge in [-0.3, -0.25) is 0 Å². The number of rotatable bonds is 5. The van der Waals surface area contributed by atoms with E-state index in [-0.39, 0.29) is 23.2 Å². The molecule has 0 unspecified atom stereocenters. The predicted octanol–water partition coefficient (Wildman–Crippen LogP) is 4.24. The highest BCUT2D eigenvalue weighted by Crippen LogP contribution is 2.32. The molecule has 1 aromatic rings. The summed E-state index contributed by atoms with van der Waals surface area (Å²) in [5.74, 6) is -1.25. The van der Waals surface area contributed by atoms with Crippen molar-refractivity contribution in [3.63, 3.8) is 0 Å². The van der Waals surface area contributed by atoms with Gasteiger partial charge in [0.05, 0.1) is 11.1 Å². The van der Waals surface area contributed by atoms with Crippen LogP contribution in [0.25, 0.3) is 0 Å². The van der Waals surface area contributed by atoms with Gasteiger partial charge in [0.2, 0.25) is 0 Å². The fourth-order valence-electron chi connectivity index (χ4n) is 1.26. The van der Waals surface area contributed by atoms with Gasteiger partial charge in [0, 0.05) is 23.2 Å². The molecule has 0 heterocycles. The average molecular weight is 400 g/mol. The van der Waals surface area contributed by atoms with Crippen LogP contribution in [-0.4, -0.2) is 21.2 Å². The minimum atomic E-state index is -4.29. The Labute approximate surface area is 125 Å². The number of alkyl halides is 3. The molecule has 0 aliphatic heterocycles. The van der Waals surface area contributed by atoms with E-state index in [1.165, 1.54) is 0 Å². The molecule has 1 rings (SSSR count). The summed E-state index contributed by atoms with van der Waals surface area (Å²) in [6, 6.07) is 1.63. The van der Waals surface area contributed by atoms with E-state index < -0.39 is 32.4 Å². The molecular weight excluding hydrogens is 392 g/mol. The van der Waals surface area contributed by atoms with E-state index in [1.807, 2.05) is 0 Å². The van der Waals surface area contributed by atoms with Gasteiger partial charge in [0.15, 0.2) is 0 Å². The summed E-state index contributed by atoms with van der Waals surface area (Å²) in [4.78, 5) is -0.742. The SMILES string of the molecule is O=S(=O)(Cl)c1cc(Br)c(OCCCC(F)(F)F)cc1F. The number of hydrogen-bond donors (Lipinski definition) is 0. The standard InChI is InChI=1S/C10H8BrClF4O3S/c11-6-4-9(20(12,17)18)7(13)5-8(6)19-3-1-2-10(14,15)16/h4-5H,1-3H2. The highest BCUT2D eigenvalue weighted by atomic mass is 79.9. The molecule has 10 heteroatoms. The molecule has 3 nitrogen and oxygen atoms in total. The van der Waals surface area contributed by atoms with Gasteiger partial charge in [-0.1, -0.05) is 0 Å². The maximum atomic E-state index is 13.5. The van der Waals surface area contributed by atoms with Crippen molar-refractivity contribution in [3.05, 3.63) is 22.4 Å². The maximum Gasteiger partial charge on any atom is 0.389 e. The summed E-state index contributed by atoms with van der Waals surface area (Å²) in [5.41, 5.74) is 0. The molecule has 1 aromatic carbocycles. The highest BCUT2D eigenvalue weighted by molar-refractivity contribution is 9.10. The Balaban J connectivity index is 2.76. The van der Waals surface area contributed by atoms with Crippen molar-refractivity contribution in [1.82, 2.24) is 0 Å². The van der Waals surface area contributed by atoms with Crippen molar-refractivity contribution >= 4 is 35.7 Å². The van der Waals surface area contributed by atoms with Crippen molar-refractivity contribution < 1.29 is 30.7 Å². The molecule has 0 bridgehead atoms. The van der Waals surface area contributed by atoms with Gasteiger partial charge in [0.25, 0.3) is 9.05 Å². The Hall–Kier alpha value is -0.540. The Bertz CT molecular complexity index is 589. The summed E-state index contributed by atoms with van der Waals surface area (Å²) in [5, 5.41) is 0. The van der Waals surface area contributed by atoms with Crippen LogP contribution < -0.4 is 4.74 Å². The lowest BCUT2D eigenvalue weighted by atomic mass is 10.3. The summed E-state index contributed by atoms with van der Waals surface area (Å²) >= 11 is 2.93. The molecule has 0 aromatic heterocycles. The molecule has 114 valence electrons. The monoisotopic (exact) mass is 398 g/mol. The quantitative estimate of drug-likeness (QED) is 0.423. The van der Waals surface area contributed by atoms with Crippen LogP contribution in [0.4, 0.5) is 17.6 Å². The van der Waals surface area contributed by atoms with Crippen molar-refractivity contribution in [3.8, 4) is 5.75 Å². The summed E-state index contributed by atoms with van der Waals surface area (Å²) < 4.78 is 76.3. The van der Waals surface area contributed by atoms with Gasteiger partial charge in [0.1, 0.15) is 16.5 Å². The van der Waals surface area contributed by atoms with Crippen LogP contribution in [0.15, 0.2) is 21.5 Å². The van der Waals surface area contributed by atoms with Crippen LogP contribution in [0.5, 0.6) is 5.75 Å². The van der Waals surface area contributed by atoms with Crippen molar-refractivity contribution in [2.45, 2.75) is 23.9 Å².